The molecule has 1 heterocycles. The third-order valence-corrected chi connectivity index (χ3v) is 3.96. The van der Waals surface area contributed by atoms with Crippen molar-refractivity contribution in [3.63, 3.8) is 0 Å². The van der Waals surface area contributed by atoms with Crippen LogP contribution in [0, 0.1) is 0 Å². The highest BCUT2D eigenvalue weighted by Crippen LogP contribution is 2.33. The first-order chi connectivity index (χ1) is 10.8. The predicted molar refractivity (Wildman–Crippen MR) is 89.5 cm³/mol. The van der Waals surface area contributed by atoms with E-state index in [-0.39, 0.29) is 12.3 Å². The zero-order chi connectivity index (χ0) is 17.1. The molecule has 1 aromatic rings. The van der Waals surface area contributed by atoms with Crippen molar-refractivity contribution < 1.29 is 14.3 Å². The molecule has 0 bridgehead atoms. The summed E-state index contributed by atoms with van der Waals surface area (Å²) >= 11 is 6.37. The van der Waals surface area contributed by atoms with Crippen LogP contribution in [-0.4, -0.2) is 32.7 Å². The molecule has 7 heteroatoms. The van der Waals surface area contributed by atoms with Gasteiger partial charge < -0.3 is 20.3 Å². The number of amides is 2. The molecule has 6 nitrogen and oxygen atoms in total. The lowest BCUT2D eigenvalue weighted by Crippen LogP contribution is -2.45. The van der Waals surface area contributed by atoms with E-state index < -0.39 is 18.0 Å². The van der Waals surface area contributed by atoms with Gasteiger partial charge in [0.05, 0.1) is 12.6 Å². The summed E-state index contributed by atoms with van der Waals surface area (Å²) in [6, 6.07) is 4.64. The molecular formula is C16H20ClN3O3. The molecule has 1 atom stereocenters. The fourth-order valence-electron chi connectivity index (χ4n) is 2.39. The Morgan fingerprint density at radius 1 is 1.39 bits per heavy atom. The van der Waals surface area contributed by atoms with Crippen molar-refractivity contribution in [2.24, 2.45) is 0 Å². The molecule has 0 unspecified atom stereocenters. The Labute approximate surface area is 140 Å². The molecule has 23 heavy (non-hydrogen) atoms. The monoisotopic (exact) mass is 337 g/mol. The minimum atomic E-state index is -0.550. The molecule has 1 aliphatic heterocycles. The number of carbonyl (C=O) groups is 2. The minimum Gasteiger partial charge on any atom is -0.461 e. The van der Waals surface area contributed by atoms with E-state index in [9.17, 15) is 9.59 Å². The first kappa shape index (κ1) is 17.1. The van der Waals surface area contributed by atoms with Crippen LogP contribution < -0.4 is 15.5 Å². The molecule has 0 aromatic heterocycles. The van der Waals surface area contributed by atoms with Crippen LogP contribution in [0.5, 0.6) is 0 Å². The summed E-state index contributed by atoms with van der Waals surface area (Å²) in [6.45, 7) is 3.71. The van der Waals surface area contributed by atoms with Gasteiger partial charge in [0.25, 0.3) is 0 Å². The third kappa shape index (κ3) is 3.59. The second-order valence-corrected chi connectivity index (χ2v) is 5.82. The summed E-state index contributed by atoms with van der Waals surface area (Å²) < 4.78 is 4.99. The molecule has 2 amide bonds. The van der Waals surface area contributed by atoms with E-state index >= 15 is 0 Å². The van der Waals surface area contributed by atoms with E-state index in [1.54, 1.807) is 13.8 Å². The summed E-state index contributed by atoms with van der Waals surface area (Å²) in [6.07, 6.45) is 0. The minimum absolute atomic E-state index is 0.161. The Hall–Kier alpha value is -2.21. The second kappa shape index (κ2) is 6.91. The topological polar surface area (TPSA) is 70.7 Å². The normalized spacial score (nSPS) is 17.4. The van der Waals surface area contributed by atoms with E-state index in [2.05, 4.69) is 10.6 Å². The molecule has 0 saturated carbocycles. The van der Waals surface area contributed by atoms with Crippen molar-refractivity contribution in [3.8, 4) is 0 Å². The molecule has 2 rings (SSSR count). The maximum Gasteiger partial charge on any atom is 0.354 e. The maximum atomic E-state index is 12.0. The fourth-order valence-corrected chi connectivity index (χ4v) is 2.67. The summed E-state index contributed by atoms with van der Waals surface area (Å²) in [4.78, 5) is 25.8. The Kier molecular flexibility index (Phi) is 5.15. The van der Waals surface area contributed by atoms with Crippen molar-refractivity contribution in [1.82, 2.24) is 10.6 Å². The number of anilines is 1. The van der Waals surface area contributed by atoms with Gasteiger partial charge in [-0.1, -0.05) is 17.7 Å². The van der Waals surface area contributed by atoms with Crippen LogP contribution in [0.1, 0.15) is 25.5 Å². The van der Waals surface area contributed by atoms with Gasteiger partial charge in [0.15, 0.2) is 0 Å². The van der Waals surface area contributed by atoms with Gasteiger partial charge >= 0.3 is 12.0 Å². The summed E-state index contributed by atoms with van der Waals surface area (Å²) in [5, 5.41) is 5.81. The number of nitrogens with one attached hydrogen (secondary N) is 2. The Morgan fingerprint density at radius 3 is 2.65 bits per heavy atom. The highest BCUT2D eigenvalue weighted by Gasteiger charge is 2.30. The van der Waals surface area contributed by atoms with Gasteiger partial charge in [0.1, 0.15) is 5.70 Å². The van der Waals surface area contributed by atoms with Crippen LogP contribution >= 0.6 is 11.6 Å². The van der Waals surface area contributed by atoms with Crippen LogP contribution in [0.15, 0.2) is 29.5 Å². The number of hydrogen-bond acceptors (Lipinski definition) is 4. The second-order valence-electron chi connectivity index (χ2n) is 5.41. The number of esters is 1. The van der Waals surface area contributed by atoms with Gasteiger partial charge in [-0.3, -0.25) is 0 Å². The summed E-state index contributed by atoms with van der Waals surface area (Å²) in [5.41, 5.74) is 2.49. The Balaban J connectivity index is 2.43. The molecule has 1 aliphatic rings. The van der Waals surface area contributed by atoms with Gasteiger partial charge in [0.2, 0.25) is 0 Å². The standard InChI is InChI=1S/C16H20ClN3O3/c1-5-23-15(21)14-9(2)13(18-16(22)19-14)11-7-6-10(20(3)4)8-12(11)17/h6-8,13H,5H2,1-4H3,(H2,18,19,22)/t13-/m1/s1. The van der Waals surface area contributed by atoms with Gasteiger partial charge in [-0.05, 0) is 37.1 Å². The van der Waals surface area contributed by atoms with E-state index in [0.717, 1.165) is 11.3 Å². The van der Waals surface area contributed by atoms with E-state index in [0.29, 0.717) is 10.6 Å². The largest absolute Gasteiger partial charge is 0.461 e. The predicted octanol–water partition coefficient (Wildman–Crippen LogP) is 2.60. The smallest absolute Gasteiger partial charge is 0.354 e. The molecule has 2 N–H and O–H groups in total. The number of benzene rings is 1. The number of ether oxygens (including phenoxy) is 1. The summed E-state index contributed by atoms with van der Waals surface area (Å²) in [7, 11) is 3.84. The van der Waals surface area contributed by atoms with Gasteiger partial charge in [-0.25, -0.2) is 9.59 Å². The van der Waals surface area contributed by atoms with Crippen LogP contribution in [-0.2, 0) is 9.53 Å². The first-order valence-electron chi connectivity index (χ1n) is 7.27. The third-order valence-electron chi connectivity index (χ3n) is 3.63. The first-order valence-corrected chi connectivity index (χ1v) is 7.65. The number of nitrogens with zero attached hydrogens (tertiary/aromatic N) is 1. The van der Waals surface area contributed by atoms with Crippen molar-refractivity contribution in [1.29, 1.82) is 0 Å². The van der Waals surface area contributed by atoms with Crippen LogP contribution in [0.4, 0.5) is 10.5 Å². The van der Waals surface area contributed by atoms with E-state index in [1.165, 1.54) is 0 Å². The summed E-state index contributed by atoms with van der Waals surface area (Å²) in [5.74, 6) is -0.550. The number of rotatable bonds is 4. The molecule has 0 radical (unpaired) electrons. The van der Waals surface area contributed by atoms with Crippen LogP contribution in [0.25, 0.3) is 0 Å². The molecule has 0 spiro atoms. The van der Waals surface area contributed by atoms with Crippen molar-refractivity contribution in [2.45, 2.75) is 19.9 Å². The average molecular weight is 338 g/mol. The number of urea groups is 1. The molecule has 124 valence electrons. The quantitative estimate of drug-likeness (QED) is 0.828. The maximum absolute atomic E-state index is 12.0. The lowest BCUT2D eigenvalue weighted by molar-refractivity contribution is -0.139. The molecule has 0 fully saturated rings. The lowest BCUT2D eigenvalue weighted by atomic mass is 9.96. The van der Waals surface area contributed by atoms with E-state index in [1.807, 2.05) is 37.2 Å². The van der Waals surface area contributed by atoms with Gasteiger partial charge in [-0.15, -0.1) is 0 Å². The highest BCUT2D eigenvalue weighted by molar-refractivity contribution is 6.31. The molecule has 0 aliphatic carbocycles. The zero-order valence-corrected chi connectivity index (χ0v) is 14.3. The van der Waals surface area contributed by atoms with Crippen LogP contribution in [0.3, 0.4) is 0 Å². The SMILES string of the molecule is CCOC(=O)C1=C(C)[C@H](c2ccc(N(C)C)cc2Cl)NC(=O)N1. The van der Waals surface area contributed by atoms with Crippen LogP contribution in [0.2, 0.25) is 5.02 Å². The Morgan fingerprint density at radius 2 is 2.09 bits per heavy atom. The molecular weight excluding hydrogens is 318 g/mol. The number of halogens is 1. The van der Waals surface area contributed by atoms with E-state index in [4.69, 9.17) is 16.3 Å². The van der Waals surface area contributed by atoms with Crippen molar-refractivity contribution >= 4 is 29.3 Å². The van der Waals surface area contributed by atoms with Gasteiger partial charge in [-0.2, -0.15) is 0 Å². The van der Waals surface area contributed by atoms with Crippen molar-refractivity contribution in [3.05, 3.63) is 40.1 Å². The molecule has 1 aromatic carbocycles. The number of hydrogen-bond donors (Lipinski definition) is 2. The number of carbonyl (C=O) groups excluding carboxylic acids is 2. The zero-order valence-electron chi connectivity index (χ0n) is 13.6. The highest BCUT2D eigenvalue weighted by atomic mass is 35.5. The Bertz CT molecular complexity index is 671. The molecule has 0 saturated heterocycles. The lowest BCUT2D eigenvalue weighted by Gasteiger charge is -2.28. The average Bonchev–Trinajstić information content (AvgIpc) is 2.49. The van der Waals surface area contributed by atoms with Crippen molar-refractivity contribution in [2.75, 3.05) is 25.6 Å². The fraction of sp³-hybridized carbons (Fsp3) is 0.375. The van der Waals surface area contributed by atoms with Gasteiger partial charge in [0, 0.05) is 24.8 Å².